The van der Waals surface area contributed by atoms with E-state index in [2.05, 4.69) is 38.9 Å². The largest absolute Gasteiger partial charge is 0.444 e. The first-order chi connectivity index (χ1) is 7.24. The van der Waals surface area contributed by atoms with Crippen molar-refractivity contribution in [3.63, 3.8) is 0 Å². The van der Waals surface area contributed by atoms with Crippen molar-refractivity contribution in [1.29, 1.82) is 0 Å². The summed E-state index contributed by atoms with van der Waals surface area (Å²) in [7, 11) is 2.10. The molecule has 0 radical (unpaired) electrons. The molecule has 80 valence electrons. The summed E-state index contributed by atoms with van der Waals surface area (Å²) in [6.07, 6.45) is 4.78. The van der Waals surface area contributed by atoms with E-state index in [1.54, 1.807) is 6.20 Å². The fourth-order valence-electron chi connectivity index (χ4n) is 1.42. The maximum atomic E-state index is 5.68. The van der Waals surface area contributed by atoms with Gasteiger partial charge in [-0.05, 0) is 19.2 Å². The number of likely N-dealkylation sites (N-methyl/N-ethyl adjacent to an activating group) is 1. The third-order valence-electron chi connectivity index (χ3n) is 2.30. The molecule has 1 aromatic rings. The first-order valence-electron chi connectivity index (χ1n) is 4.91. The lowest BCUT2D eigenvalue weighted by Gasteiger charge is -2.21. The summed E-state index contributed by atoms with van der Waals surface area (Å²) < 4.78 is 6.66. The van der Waals surface area contributed by atoms with E-state index in [1.807, 2.05) is 12.1 Å². The van der Waals surface area contributed by atoms with Crippen molar-refractivity contribution in [2.24, 2.45) is 0 Å². The molecule has 0 fully saturated rings. The Balaban J connectivity index is 2.03. The average Bonchev–Trinajstić information content (AvgIpc) is 2.22. The van der Waals surface area contributed by atoms with Crippen molar-refractivity contribution >= 4 is 15.9 Å². The van der Waals surface area contributed by atoms with Gasteiger partial charge in [-0.3, -0.25) is 0 Å². The summed E-state index contributed by atoms with van der Waals surface area (Å²) in [6, 6.07) is 3.76. The number of ether oxygens (including phenoxy) is 1. The van der Waals surface area contributed by atoms with Gasteiger partial charge in [-0.25, -0.2) is 4.98 Å². The Bertz CT molecular complexity index is 379. The second-order valence-corrected chi connectivity index (χ2v) is 4.51. The van der Waals surface area contributed by atoms with Gasteiger partial charge in [0.25, 0.3) is 0 Å². The number of aromatic nitrogens is 1. The number of halogens is 1. The van der Waals surface area contributed by atoms with E-state index in [1.165, 1.54) is 0 Å². The van der Waals surface area contributed by atoms with Crippen LogP contribution < -0.4 is 4.74 Å². The summed E-state index contributed by atoms with van der Waals surface area (Å²) >= 11 is 3.39. The molecule has 3 nitrogen and oxygen atoms in total. The van der Waals surface area contributed by atoms with Gasteiger partial charge in [0.15, 0.2) is 0 Å². The average molecular weight is 269 g/mol. The highest BCUT2D eigenvalue weighted by molar-refractivity contribution is 9.10. The van der Waals surface area contributed by atoms with Gasteiger partial charge in [0.1, 0.15) is 5.76 Å². The Morgan fingerprint density at radius 1 is 1.53 bits per heavy atom. The first-order valence-corrected chi connectivity index (χ1v) is 5.70. The molecule has 0 saturated heterocycles. The molecule has 0 saturated carbocycles. The molecule has 0 aromatic carbocycles. The van der Waals surface area contributed by atoms with E-state index in [0.29, 0.717) is 5.88 Å². The summed E-state index contributed by atoms with van der Waals surface area (Å²) in [5, 5.41) is 0. The first kappa shape index (κ1) is 10.6. The highest BCUT2D eigenvalue weighted by Crippen LogP contribution is 2.19. The van der Waals surface area contributed by atoms with Crippen molar-refractivity contribution in [2.75, 3.05) is 20.1 Å². The molecule has 1 aliphatic rings. The lowest BCUT2D eigenvalue weighted by molar-refractivity contribution is 0.298. The Morgan fingerprint density at radius 2 is 2.40 bits per heavy atom. The van der Waals surface area contributed by atoms with Crippen LogP contribution in [0.4, 0.5) is 0 Å². The summed E-state index contributed by atoms with van der Waals surface area (Å²) in [5.74, 6) is 1.67. The fraction of sp³-hybridized carbons (Fsp3) is 0.364. The van der Waals surface area contributed by atoms with Gasteiger partial charge in [-0.1, -0.05) is 15.9 Å². The topological polar surface area (TPSA) is 25.4 Å². The Hall–Kier alpha value is -0.870. The second kappa shape index (κ2) is 4.77. The lowest BCUT2D eigenvalue weighted by atomic mass is 10.2. The number of rotatable bonds is 2. The van der Waals surface area contributed by atoms with Crippen LogP contribution in [0.25, 0.3) is 0 Å². The molecule has 15 heavy (non-hydrogen) atoms. The zero-order valence-electron chi connectivity index (χ0n) is 8.61. The molecular formula is C11H13BrN2O. The van der Waals surface area contributed by atoms with Gasteiger partial charge in [0, 0.05) is 36.2 Å². The lowest BCUT2D eigenvalue weighted by Crippen LogP contribution is -2.25. The summed E-state index contributed by atoms with van der Waals surface area (Å²) in [4.78, 5) is 6.40. The SMILES string of the molecule is CN1CC=C(Oc2cc(Br)ccn2)CC1. The quantitative estimate of drug-likeness (QED) is 0.824. The van der Waals surface area contributed by atoms with E-state index >= 15 is 0 Å². The third kappa shape index (κ3) is 3.04. The Kier molecular flexibility index (Phi) is 3.38. The van der Waals surface area contributed by atoms with Gasteiger partial charge in [0.2, 0.25) is 5.88 Å². The van der Waals surface area contributed by atoms with Crippen LogP contribution >= 0.6 is 15.9 Å². The van der Waals surface area contributed by atoms with Crippen LogP contribution in [0.15, 0.2) is 34.6 Å². The zero-order valence-corrected chi connectivity index (χ0v) is 10.2. The molecule has 0 spiro atoms. The van der Waals surface area contributed by atoms with E-state index in [-0.39, 0.29) is 0 Å². The minimum Gasteiger partial charge on any atom is -0.444 e. The number of nitrogens with zero attached hydrogens (tertiary/aromatic N) is 2. The van der Waals surface area contributed by atoms with Gasteiger partial charge >= 0.3 is 0 Å². The molecule has 0 amide bonds. The molecule has 1 aliphatic heterocycles. The van der Waals surface area contributed by atoms with E-state index in [4.69, 9.17) is 4.74 Å². The van der Waals surface area contributed by atoms with Crippen molar-refractivity contribution in [3.05, 3.63) is 34.6 Å². The monoisotopic (exact) mass is 268 g/mol. The van der Waals surface area contributed by atoms with Crippen LogP contribution in [-0.4, -0.2) is 30.0 Å². The van der Waals surface area contributed by atoms with E-state index in [0.717, 1.165) is 29.7 Å². The molecule has 2 rings (SSSR count). The van der Waals surface area contributed by atoms with Gasteiger partial charge < -0.3 is 9.64 Å². The molecule has 2 heterocycles. The fourth-order valence-corrected chi connectivity index (χ4v) is 1.73. The minimum absolute atomic E-state index is 0.653. The summed E-state index contributed by atoms with van der Waals surface area (Å²) in [6.45, 7) is 1.99. The number of pyridine rings is 1. The molecule has 0 N–H and O–H groups in total. The molecule has 0 unspecified atom stereocenters. The van der Waals surface area contributed by atoms with Crippen LogP contribution in [-0.2, 0) is 0 Å². The third-order valence-corrected chi connectivity index (χ3v) is 2.80. The number of hydrogen-bond acceptors (Lipinski definition) is 3. The Morgan fingerprint density at radius 3 is 3.07 bits per heavy atom. The van der Waals surface area contributed by atoms with E-state index < -0.39 is 0 Å². The Labute approximate surface area is 97.9 Å². The maximum Gasteiger partial charge on any atom is 0.219 e. The maximum absolute atomic E-state index is 5.68. The number of hydrogen-bond donors (Lipinski definition) is 0. The van der Waals surface area contributed by atoms with Crippen LogP contribution in [0.5, 0.6) is 5.88 Å². The summed E-state index contributed by atoms with van der Waals surface area (Å²) in [5.41, 5.74) is 0. The van der Waals surface area contributed by atoms with Gasteiger partial charge in [-0.2, -0.15) is 0 Å². The predicted octanol–water partition coefficient (Wildman–Crippen LogP) is 2.44. The van der Waals surface area contributed by atoms with Gasteiger partial charge in [-0.15, -0.1) is 0 Å². The highest BCUT2D eigenvalue weighted by atomic mass is 79.9. The second-order valence-electron chi connectivity index (χ2n) is 3.60. The molecule has 1 aromatic heterocycles. The zero-order chi connectivity index (χ0) is 10.7. The van der Waals surface area contributed by atoms with Gasteiger partial charge in [0.05, 0.1) is 0 Å². The van der Waals surface area contributed by atoms with Crippen LogP contribution in [0.1, 0.15) is 6.42 Å². The molecule has 4 heteroatoms. The van der Waals surface area contributed by atoms with Crippen LogP contribution in [0, 0.1) is 0 Å². The standard InChI is InChI=1S/C11H13BrN2O/c1-14-6-3-10(4-7-14)15-11-8-9(12)2-5-13-11/h2-3,5,8H,4,6-7H2,1H3. The molecular weight excluding hydrogens is 256 g/mol. The van der Waals surface area contributed by atoms with Crippen molar-refractivity contribution in [3.8, 4) is 5.88 Å². The molecule has 0 aliphatic carbocycles. The molecule has 0 atom stereocenters. The normalized spacial score (nSPS) is 17.3. The van der Waals surface area contributed by atoms with E-state index in [9.17, 15) is 0 Å². The highest BCUT2D eigenvalue weighted by Gasteiger charge is 2.09. The van der Waals surface area contributed by atoms with Crippen molar-refractivity contribution < 1.29 is 4.74 Å². The smallest absolute Gasteiger partial charge is 0.219 e. The van der Waals surface area contributed by atoms with Crippen molar-refractivity contribution in [1.82, 2.24) is 9.88 Å². The van der Waals surface area contributed by atoms with Crippen LogP contribution in [0.2, 0.25) is 0 Å². The van der Waals surface area contributed by atoms with Crippen molar-refractivity contribution in [2.45, 2.75) is 6.42 Å². The predicted molar refractivity (Wildman–Crippen MR) is 62.8 cm³/mol. The molecule has 0 bridgehead atoms. The van der Waals surface area contributed by atoms with Crippen LogP contribution in [0.3, 0.4) is 0 Å². The minimum atomic E-state index is 0.653.